The van der Waals surface area contributed by atoms with E-state index in [4.69, 9.17) is 11.6 Å². The quantitative estimate of drug-likeness (QED) is 0.869. The van der Waals surface area contributed by atoms with Crippen LogP contribution < -0.4 is 10.6 Å². The molecular formula is C16H21ClN6O. The molecule has 0 unspecified atom stereocenters. The van der Waals surface area contributed by atoms with E-state index in [1.165, 1.54) is 17.5 Å². The maximum atomic E-state index is 12.3. The lowest BCUT2D eigenvalue weighted by Gasteiger charge is -2.25. The predicted octanol–water partition coefficient (Wildman–Crippen LogP) is 2.59. The van der Waals surface area contributed by atoms with Gasteiger partial charge in [-0.1, -0.05) is 36.6 Å². The summed E-state index contributed by atoms with van der Waals surface area (Å²) in [7, 11) is 1.74. The van der Waals surface area contributed by atoms with Crippen LogP contribution in [0.15, 0.2) is 24.3 Å². The number of hydrogen-bond acceptors (Lipinski definition) is 4. The third-order valence-corrected chi connectivity index (χ3v) is 4.72. The van der Waals surface area contributed by atoms with Crippen LogP contribution in [0.2, 0.25) is 5.02 Å². The Bertz CT molecular complexity index is 697. The highest BCUT2D eigenvalue weighted by molar-refractivity contribution is 6.30. The van der Waals surface area contributed by atoms with Crippen molar-refractivity contribution in [2.24, 2.45) is 13.0 Å². The lowest BCUT2D eigenvalue weighted by molar-refractivity contribution is 0.230. The summed E-state index contributed by atoms with van der Waals surface area (Å²) < 4.78 is 1.53. The molecule has 1 aliphatic carbocycles. The monoisotopic (exact) mass is 348 g/mol. The van der Waals surface area contributed by atoms with Crippen molar-refractivity contribution in [2.45, 2.75) is 38.3 Å². The maximum absolute atomic E-state index is 12.3. The van der Waals surface area contributed by atoms with Crippen LogP contribution in [-0.4, -0.2) is 26.2 Å². The molecule has 0 radical (unpaired) electrons. The summed E-state index contributed by atoms with van der Waals surface area (Å²) >= 11 is 6.13. The van der Waals surface area contributed by atoms with E-state index < -0.39 is 0 Å². The van der Waals surface area contributed by atoms with Gasteiger partial charge in [-0.05, 0) is 46.9 Å². The fourth-order valence-corrected chi connectivity index (χ4v) is 3.41. The summed E-state index contributed by atoms with van der Waals surface area (Å²) in [5, 5.41) is 17.8. The van der Waals surface area contributed by atoms with Gasteiger partial charge in [-0.3, -0.25) is 0 Å². The molecule has 3 rings (SSSR count). The zero-order chi connectivity index (χ0) is 16.9. The maximum Gasteiger partial charge on any atom is 0.315 e. The summed E-state index contributed by atoms with van der Waals surface area (Å²) in [6.45, 7) is 0.280. The standard InChI is InChI=1S/C16H21ClN6O/c1-23-14(20-21-22-23)10-18-16(24)19-15(11-5-2-3-6-11)12-7-4-8-13(17)9-12/h4,7-9,11,15H,2-3,5-6,10H2,1H3,(H2,18,19,24)/t15-/m0/s1. The molecule has 1 saturated carbocycles. The van der Waals surface area contributed by atoms with Gasteiger partial charge in [0.1, 0.15) is 0 Å². The van der Waals surface area contributed by atoms with Gasteiger partial charge in [0.05, 0.1) is 12.6 Å². The molecule has 8 heteroatoms. The Balaban J connectivity index is 1.67. The Morgan fingerprint density at radius 1 is 1.42 bits per heavy atom. The van der Waals surface area contributed by atoms with E-state index in [0.29, 0.717) is 16.8 Å². The number of tetrazole rings is 1. The van der Waals surface area contributed by atoms with Gasteiger partial charge in [0.15, 0.2) is 5.82 Å². The average molecular weight is 349 g/mol. The summed E-state index contributed by atoms with van der Waals surface area (Å²) in [4.78, 5) is 12.3. The minimum Gasteiger partial charge on any atom is -0.331 e. The van der Waals surface area contributed by atoms with Crippen LogP contribution >= 0.6 is 11.6 Å². The van der Waals surface area contributed by atoms with Crippen LogP contribution in [0, 0.1) is 5.92 Å². The van der Waals surface area contributed by atoms with Crippen molar-refractivity contribution in [1.29, 1.82) is 0 Å². The van der Waals surface area contributed by atoms with E-state index in [2.05, 4.69) is 26.2 Å². The molecule has 0 bridgehead atoms. The van der Waals surface area contributed by atoms with E-state index in [9.17, 15) is 4.79 Å². The van der Waals surface area contributed by atoms with Gasteiger partial charge in [0, 0.05) is 12.1 Å². The number of rotatable bonds is 5. The first kappa shape index (κ1) is 16.7. The normalized spacial score (nSPS) is 16.1. The first-order valence-corrected chi connectivity index (χ1v) is 8.52. The molecule has 1 aliphatic rings. The Morgan fingerprint density at radius 2 is 2.21 bits per heavy atom. The second-order valence-corrected chi connectivity index (χ2v) is 6.56. The van der Waals surface area contributed by atoms with Crippen LogP contribution in [0.1, 0.15) is 43.1 Å². The van der Waals surface area contributed by atoms with E-state index in [-0.39, 0.29) is 18.6 Å². The minimum absolute atomic E-state index is 0.0381. The molecule has 2 aromatic rings. The van der Waals surface area contributed by atoms with Crippen LogP contribution in [0.25, 0.3) is 0 Å². The number of hydrogen-bond donors (Lipinski definition) is 2. The number of amides is 2. The van der Waals surface area contributed by atoms with Crippen molar-refractivity contribution in [1.82, 2.24) is 30.8 Å². The fraction of sp³-hybridized carbons (Fsp3) is 0.500. The Hall–Kier alpha value is -2.15. The molecule has 1 heterocycles. The molecular weight excluding hydrogens is 328 g/mol. The topological polar surface area (TPSA) is 84.7 Å². The number of benzene rings is 1. The van der Waals surface area contributed by atoms with Crippen LogP contribution in [0.4, 0.5) is 4.79 Å². The van der Waals surface area contributed by atoms with E-state index >= 15 is 0 Å². The van der Waals surface area contributed by atoms with Gasteiger partial charge in [-0.2, -0.15) is 0 Å². The van der Waals surface area contributed by atoms with Crippen molar-refractivity contribution < 1.29 is 4.79 Å². The van der Waals surface area contributed by atoms with Crippen molar-refractivity contribution in [2.75, 3.05) is 0 Å². The number of carbonyl (C=O) groups excluding carboxylic acids is 1. The lowest BCUT2D eigenvalue weighted by Crippen LogP contribution is -2.40. The van der Waals surface area contributed by atoms with Crippen molar-refractivity contribution in [3.8, 4) is 0 Å². The molecule has 1 atom stereocenters. The van der Waals surface area contributed by atoms with Crippen LogP contribution in [-0.2, 0) is 13.6 Å². The van der Waals surface area contributed by atoms with Crippen LogP contribution in [0.5, 0.6) is 0 Å². The second-order valence-electron chi connectivity index (χ2n) is 6.12. The van der Waals surface area contributed by atoms with Crippen LogP contribution in [0.3, 0.4) is 0 Å². The van der Waals surface area contributed by atoms with Crippen molar-refractivity contribution in [3.05, 3.63) is 40.7 Å². The number of aromatic nitrogens is 4. The van der Waals surface area contributed by atoms with Gasteiger partial charge in [-0.25, -0.2) is 9.48 Å². The summed E-state index contributed by atoms with van der Waals surface area (Å²) in [6, 6.07) is 7.44. The fourth-order valence-electron chi connectivity index (χ4n) is 3.21. The third-order valence-electron chi connectivity index (χ3n) is 4.48. The average Bonchev–Trinajstić information content (AvgIpc) is 3.22. The third kappa shape index (κ3) is 4.03. The van der Waals surface area contributed by atoms with Gasteiger partial charge in [-0.15, -0.1) is 5.10 Å². The molecule has 2 N–H and O–H groups in total. The highest BCUT2D eigenvalue weighted by Gasteiger charge is 2.28. The molecule has 1 aromatic heterocycles. The largest absolute Gasteiger partial charge is 0.331 e. The highest BCUT2D eigenvalue weighted by Crippen LogP contribution is 2.36. The van der Waals surface area contributed by atoms with Gasteiger partial charge >= 0.3 is 6.03 Å². The molecule has 0 saturated heterocycles. The van der Waals surface area contributed by atoms with Gasteiger partial charge < -0.3 is 10.6 Å². The summed E-state index contributed by atoms with van der Waals surface area (Å²) in [5.74, 6) is 1.04. The van der Waals surface area contributed by atoms with Gasteiger partial charge in [0.25, 0.3) is 0 Å². The highest BCUT2D eigenvalue weighted by atomic mass is 35.5. The first-order chi connectivity index (χ1) is 11.6. The van der Waals surface area contributed by atoms with E-state index in [1.807, 2.05) is 24.3 Å². The first-order valence-electron chi connectivity index (χ1n) is 8.14. The number of nitrogens with one attached hydrogen (secondary N) is 2. The number of carbonyl (C=O) groups is 1. The van der Waals surface area contributed by atoms with Crippen molar-refractivity contribution in [3.63, 3.8) is 0 Å². The molecule has 7 nitrogen and oxygen atoms in total. The zero-order valence-corrected chi connectivity index (χ0v) is 14.3. The molecule has 0 aliphatic heterocycles. The summed E-state index contributed by atoms with van der Waals surface area (Å²) in [6.07, 6.45) is 4.64. The Morgan fingerprint density at radius 3 is 2.88 bits per heavy atom. The number of urea groups is 1. The molecule has 128 valence electrons. The Labute approximate surface area is 145 Å². The summed E-state index contributed by atoms with van der Waals surface area (Å²) in [5.41, 5.74) is 1.05. The molecule has 1 aromatic carbocycles. The van der Waals surface area contributed by atoms with Gasteiger partial charge in [0.2, 0.25) is 0 Å². The molecule has 0 spiro atoms. The lowest BCUT2D eigenvalue weighted by atomic mass is 9.92. The second kappa shape index (κ2) is 7.61. The zero-order valence-electron chi connectivity index (χ0n) is 13.6. The van der Waals surface area contributed by atoms with E-state index in [0.717, 1.165) is 18.4 Å². The Kier molecular flexibility index (Phi) is 5.30. The predicted molar refractivity (Wildman–Crippen MR) is 90.3 cm³/mol. The molecule has 2 amide bonds. The molecule has 1 fully saturated rings. The SMILES string of the molecule is Cn1nnnc1CNC(=O)N[C@H](c1cccc(Cl)c1)C1CCCC1. The smallest absolute Gasteiger partial charge is 0.315 e. The number of halogens is 1. The minimum atomic E-state index is -0.227. The van der Waals surface area contributed by atoms with E-state index in [1.54, 1.807) is 7.05 Å². The molecule has 24 heavy (non-hydrogen) atoms. The number of nitrogens with zero attached hydrogens (tertiary/aromatic N) is 4. The van der Waals surface area contributed by atoms with Crippen molar-refractivity contribution >= 4 is 17.6 Å². The number of aryl methyl sites for hydroxylation is 1.